The summed E-state index contributed by atoms with van der Waals surface area (Å²) < 4.78 is 0. The van der Waals surface area contributed by atoms with Crippen LogP contribution in [0.25, 0.3) is 0 Å². The lowest BCUT2D eigenvalue weighted by molar-refractivity contribution is 0.599. The standard InChI is InChI=1S/C14H28N2/c1-12(2)16-14(4)11-9-7-6-8-10-13(3)15-5/h12,16H,4,6-11H2,1-3,5H3/b15-13+. The highest BCUT2D eigenvalue weighted by molar-refractivity contribution is 5.81. The van der Waals surface area contributed by atoms with E-state index >= 15 is 0 Å². The number of aliphatic imine (C=N–C) groups is 1. The lowest BCUT2D eigenvalue weighted by atomic mass is 10.1. The average Bonchev–Trinajstić information content (AvgIpc) is 2.21. The van der Waals surface area contributed by atoms with Gasteiger partial charge in [-0.3, -0.25) is 4.99 Å². The van der Waals surface area contributed by atoms with Crippen LogP contribution in [0, 0.1) is 0 Å². The van der Waals surface area contributed by atoms with Crippen molar-refractivity contribution in [1.29, 1.82) is 0 Å². The van der Waals surface area contributed by atoms with E-state index in [1.807, 2.05) is 7.05 Å². The van der Waals surface area contributed by atoms with E-state index in [-0.39, 0.29) is 0 Å². The van der Waals surface area contributed by atoms with Crippen LogP contribution in [0.2, 0.25) is 0 Å². The minimum atomic E-state index is 0.510. The van der Waals surface area contributed by atoms with Gasteiger partial charge in [-0.25, -0.2) is 0 Å². The van der Waals surface area contributed by atoms with Crippen molar-refractivity contribution in [2.45, 2.75) is 65.3 Å². The van der Waals surface area contributed by atoms with Gasteiger partial charge >= 0.3 is 0 Å². The molecule has 0 aromatic heterocycles. The molecule has 2 heteroatoms. The first-order valence-corrected chi connectivity index (χ1v) is 6.42. The lowest BCUT2D eigenvalue weighted by Gasteiger charge is -2.12. The van der Waals surface area contributed by atoms with Crippen molar-refractivity contribution >= 4 is 5.71 Å². The zero-order valence-corrected chi connectivity index (χ0v) is 11.5. The van der Waals surface area contributed by atoms with Crippen LogP contribution in [-0.2, 0) is 0 Å². The van der Waals surface area contributed by atoms with Crippen LogP contribution in [0.3, 0.4) is 0 Å². The molecule has 0 spiro atoms. The van der Waals surface area contributed by atoms with Gasteiger partial charge in [0.05, 0.1) is 0 Å². The van der Waals surface area contributed by atoms with Crippen LogP contribution >= 0.6 is 0 Å². The Balaban J connectivity index is 3.30. The Kier molecular flexibility index (Phi) is 8.97. The number of nitrogens with one attached hydrogen (secondary N) is 1. The SMILES string of the molecule is C=C(CCCCCC/C(C)=N/C)NC(C)C. The molecule has 0 heterocycles. The largest absolute Gasteiger partial charge is 0.387 e. The van der Waals surface area contributed by atoms with E-state index in [0.717, 1.165) is 12.8 Å². The first kappa shape index (κ1) is 15.2. The maximum atomic E-state index is 4.16. The Morgan fingerprint density at radius 3 is 2.19 bits per heavy atom. The topological polar surface area (TPSA) is 24.4 Å². The summed E-state index contributed by atoms with van der Waals surface area (Å²) in [5.74, 6) is 0. The van der Waals surface area contributed by atoms with Gasteiger partial charge in [-0.2, -0.15) is 0 Å². The molecule has 0 unspecified atom stereocenters. The number of hydrogen-bond donors (Lipinski definition) is 1. The molecule has 0 bridgehead atoms. The van der Waals surface area contributed by atoms with Gasteiger partial charge in [0.2, 0.25) is 0 Å². The van der Waals surface area contributed by atoms with E-state index in [9.17, 15) is 0 Å². The molecule has 0 amide bonds. The van der Waals surface area contributed by atoms with Gasteiger partial charge in [0.15, 0.2) is 0 Å². The number of unbranched alkanes of at least 4 members (excludes halogenated alkanes) is 3. The quantitative estimate of drug-likeness (QED) is 0.466. The van der Waals surface area contributed by atoms with Crippen LogP contribution in [0.15, 0.2) is 17.3 Å². The Morgan fingerprint density at radius 2 is 1.69 bits per heavy atom. The van der Waals surface area contributed by atoms with Crippen LogP contribution in [0.1, 0.15) is 59.3 Å². The van der Waals surface area contributed by atoms with Crippen LogP contribution in [0.5, 0.6) is 0 Å². The summed E-state index contributed by atoms with van der Waals surface area (Å²) >= 11 is 0. The molecule has 2 nitrogen and oxygen atoms in total. The van der Waals surface area contributed by atoms with Gasteiger partial charge in [-0.1, -0.05) is 19.4 Å². The molecule has 0 aliphatic rings. The normalized spacial score (nSPS) is 11.9. The Morgan fingerprint density at radius 1 is 1.12 bits per heavy atom. The summed E-state index contributed by atoms with van der Waals surface area (Å²) in [4.78, 5) is 4.16. The number of hydrogen-bond acceptors (Lipinski definition) is 2. The fourth-order valence-corrected chi connectivity index (χ4v) is 1.66. The van der Waals surface area contributed by atoms with E-state index in [0.29, 0.717) is 6.04 Å². The first-order chi connectivity index (χ1) is 7.56. The summed E-state index contributed by atoms with van der Waals surface area (Å²) in [6, 6.07) is 0.510. The zero-order valence-electron chi connectivity index (χ0n) is 11.5. The molecule has 0 rings (SSSR count). The summed E-state index contributed by atoms with van der Waals surface area (Å²) in [5, 5.41) is 3.35. The minimum Gasteiger partial charge on any atom is -0.387 e. The molecular weight excluding hydrogens is 196 g/mol. The highest BCUT2D eigenvalue weighted by Gasteiger charge is 1.97. The summed E-state index contributed by atoms with van der Waals surface area (Å²) in [7, 11) is 1.87. The third kappa shape index (κ3) is 9.75. The Labute approximate surface area is 101 Å². The number of allylic oxidation sites excluding steroid dienone is 1. The van der Waals surface area contributed by atoms with Gasteiger partial charge in [0.1, 0.15) is 0 Å². The molecule has 0 aromatic carbocycles. The van der Waals surface area contributed by atoms with E-state index in [1.54, 1.807) is 0 Å². The molecule has 94 valence electrons. The van der Waals surface area contributed by atoms with Crippen molar-refractivity contribution < 1.29 is 0 Å². The van der Waals surface area contributed by atoms with E-state index in [2.05, 4.69) is 37.7 Å². The van der Waals surface area contributed by atoms with Crippen molar-refractivity contribution in [2.75, 3.05) is 7.05 Å². The second-order valence-corrected chi connectivity index (χ2v) is 4.78. The zero-order chi connectivity index (χ0) is 12.4. The fraction of sp³-hybridized carbons (Fsp3) is 0.786. The first-order valence-electron chi connectivity index (χ1n) is 6.42. The molecule has 0 aliphatic carbocycles. The molecule has 0 saturated carbocycles. The average molecular weight is 224 g/mol. The highest BCUT2D eigenvalue weighted by atomic mass is 14.9. The third-order valence-corrected chi connectivity index (χ3v) is 2.64. The van der Waals surface area contributed by atoms with E-state index in [4.69, 9.17) is 0 Å². The second kappa shape index (κ2) is 9.44. The van der Waals surface area contributed by atoms with E-state index in [1.165, 1.54) is 37.1 Å². The van der Waals surface area contributed by atoms with Crippen LogP contribution < -0.4 is 5.32 Å². The molecule has 0 radical (unpaired) electrons. The van der Waals surface area contributed by atoms with Crippen molar-refractivity contribution in [1.82, 2.24) is 5.32 Å². The molecule has 0 aromatic rings. The third-order valence-electron chi connectivity index (χ3n) is 2.64. The maximum absolute atomic E-state index is 4.16. The van der Waals surface area contributed by atoms with Crippen molar-refractivity contribution in [3.63, 3.8) is 0 Å². The van der Waals surface area contributed by atoms with Crippen LogP contribution in [-0.4, -0.2) is 18.8 Å². The Hall–Kier alpha value is -0.790. The predicted molar refractivity (Wildman–Crippen MR) is 74.1 cm³/mol. The summed E-state index contributed by atoms with van der Waals surface area (Å²) in [5.41, 5.74) is 2.45. The molecular formula is C14H28N2. The smallest absolute Gasteiger partial charge is 0.0276 e. The van der Waals surface area contributed by atoms with E-state index < -0.39 is 0 Å². The molecule has 16 heavy (non-hydrogen) atoms. The van der Waals surface area contributed by atoms with Crippen LogP contribution in [0.4, 0.5) is 0 Å². The van der Waals surface area contributed by atoms with Gasteiger partial charge in [-0.05, 0) is 46.5 Å². The highest BCUT2D eigenvalue weighted by Crippen LogP contribution is 2.09. The molecule has 1 N–H and O–H groups in total. The second-order valence-electron chi connectivity index (χ2n) is 4.78. The Bertz CT molecular complexity index is 217. The fourth-order valence-electron chi connectivity index (χ4n) is 1.66. The van der Waals surface area contributed by atoms with Crippen molar-refractivity contribution in [3.05, 3.63) is 12.3 Å². The monoisotopic (exact) mass is 224 g/mol. The number of rotatable bonds is 9. The summed E-state index contributed by atoms with van der Waals surface area (Å²) in [6.45, 7) is 10.4. The molecule has 0 saturated heterocycles. The molecule has 0 atom stereocenters. The predicted octanol–water partition coefficient (Wildman–Crippen LogP) is 3.93. The minimum absolute atomic E-state index is 0.510. The lowest BCUT2D eigenvalue weighted by Crippen LogP contribution is -2.21. The molecule has 0 aliphatic heterocycles. The summed E-state index contributed by atoms with van der Waals surface area (Å²) in [6.07, 6.45) is 7.40. The van der Waals surface area contributed by atoms with Crippen molar-refractivity contribution in [2.24, 2.45) is 4.99 Å². The number of nitrogens with zero attached hydrogens (tertiary/aromatic N) is 1. The van der Waals surface area contributed by atoms with Crippen molar-refractivity contribution in [3.8, 4) is 0 Å². The molecule has 0 fully saturated rings. The van der Waals surface area contributed by atoms with Gasteiger partial charge in [0.25, 0.3) is 0 Å². The maximum Gasteiger partial charge on any atom is 0.0276 e. The van der Waals surface area contributed by atoms with Gasteiger partial charge in [0, 0.05) is 24.5 Å². The van der Waals surface area contributed by atoms with Gasteiger partial charge in [-0.15, -0.1) is 0 Å². The van der Waals surface area contributed by atoms with Gasteiger partial charge < -0.3 is 5.32 Å².